The number of aromatic nitrogens is 1. The minimum absolute atomic E-state index is 0.148. The molecule has 2 rings (SSSR count). The number of benzene rings is 1. The first-order chi connectivity index (χ1) is 9.10. The highest BCUT2D eigenvalue weighted by atomic mass is 79.9. The fourth-order valence-corrected chi connectivity index (χ4v) is 1.80. The zero-order chi connectivity index (χ0) is 13.8. The second kappa shape index (κ2) is 5.79. The monoisotopic (exact) mass is 324 g/mol. The molecule has 0 spiro atoms. The van der Waals surface area contributed by atoms with Gasteiger partial charge in [0.1, 0.15) is 11.6 Å². The number of nitrogens with one attached hydrogen (secondary N) is 1. The van der Waals surface area contributed by atoms with Gasteiger partial charge in [-0.05, 0) is 34.1 Å². The largest absolute Gasteiger partial charge is 0.497 e. The topological polar surface area (TPSA) is 51.2 Å². The maximum Gasteiger partial charge on any atom is 0.257 e. The Balaban J connectivity index is 2.23. The number of amides is 1. The van der Waals surface area contributed by atoms with Gasteiger partial charge in [0.05, 0.1) is 24.6 Å². The van der Waals surface area contributed by atoms with Crippen LogP contribution in [0.5, 0.6) is 5.75 Å². The maximum absolute atomic E-state index is 13.0. The molecule has 0 atom stereocenters. The molecular formula is C13H10BrFN2O2. The van der Waals surface area contributed by atoms with Crippen molar-refractivity contribution in [1.82, 2.24) is 4.98 Å². The molecule has 0 saturated heterocycles. The summed E-state index contributed by atoms with van der Waals surface area (Å²) in [5.41, 5.74) is 0.684. The van der Waals surface area contributed by atoms with E-state index in [0.29, 0.717) is 15.9 Å². The number of methoxy groups -OCH3 is 1. The molecule has 1 aromatic heterocycles. The predicted molar refractivity (Wildman–Crippen MR) is 72.8 cm³/mol. The Bertz CT molecular complexity index is 619. The van der Waals surface area contributed by atoms with E-state index in [1.807, 2.05) is 0 Å². The van der Waals surface area contributed by atoms with Gasteiger partial charge in [-0.25, -0.2) is 4.39 Å². The zero-order valence-electron chi connectivity index (χ0n) is 9.98. The number of ether oxygens (including phenoxy) is 1. The standard InChI is InChI=1S/C13H10BrFN2O2/c1-19-10-2-3-11(14)12(5-10)17-13(18)8-4-9(15)7-16-6-8/h2-7H,1H3,(H,17,18). The summed E-state index contributed by atoms with van der Waals surface area (Å²) in [7, 11) is 1.53. The Labute approximate surface area is 117 Å². The number of pyridine rings is 1. The van der Waals surface area contributed by atoms with Gasteiger partial charge >= 0.3 is 0 Å². The van der Waals surface area contributed by atoms with Crippen molar-refractivity contribution in [3.05, 3.63) is 52.5 Å². The van der Waals surface area contributed by atoms with E-state index in [1.54, 1.807) is 18.2 Å². The molecule has 0 aliphatic rings. The molecule has 0 saturated carbocycles. The summed E-state index contributed by atoms with van der Waals surface area (Å²) in [6.45, 7) is 0. The number of anilines is 1. The smallest absolute Gasteiger partial charge is 0.257 e. The summed E-state index contributed by atoms with van der Waals surface area (Å²) in [5, 5.41) is 2.66. The van der Waals surface area contributed by atoms with E-state index in [2.05, 4.69) is 26.2 Å². The Morgan fingerprint density at radius 1 is 1.37 bits per heavy atom. The highest BCUT2D eigenvalue weighted by molar-refractivity contribution is 9.10. The lowest BCUT2D eigenvalue weighted by Gasteiger charge is -2.09. The summed E-state index contributed by atoms with van der Waals surface area (Å²) >= 11 is 3.32. The third-order valence-electron chi connectivity index (χ3n) is 2.39. The van der Waals surface area contributed by atoms with Crippen molar-refractivity contribution >= 4 is 27.5 Å². The third-order valence-corrected chi connectivity index (χ3v) is 3.08. The second-order valence-corrected chi connectivity index (χ2v) is 4.55. The van der Waals surface area contributed by atoms with Crippen molar-refractivity contribution in [2.75, 3.05) is 12.4 Å². The van der Waals surface area contributed by atoms with Gasteiger partial charge in [0.15, 0.2) is 0 Å². The Morgan fingerprint density at radius 3 is 2.84 bits per heavy atom. The molecule has 0 radical (unpaired) electrons. The van der Waals surface area contributed by atoms with Gasteiger partial charge in [-0.3, -0.25) is 9.78 Å². The number of rotatable bonds is 3. The number of nitrogens with zero attached hydrogens (tertiary/aromatic N) is 1. The molecule has 0 aliphatic carbocycles. The average molecular weight is 325 g/mol. The van der Waals surface area contributed by atoms with Gasteiger partial charge in [0, 0.05) is 16.7 Å². The van der Waals surface area contributed by atoms with Crippen molar-refractivity contribution in [2.45, 2.75) is 0 Å². The van der Waals surface area contributed by atoms with Gasteiger partial charge in [-0.1, -0.05) is 0 Å². The van der Waals surface area contributed by atoms with Crippen LogP contribution >= 0.6 is 15.9 Å². The highest BCUT2D eigenvalue weighted by Crippen LogP contribution is 2.27. The summed E-state index contributed by atoms with van der Waals surface area (Å²) in [6, 6.07) is 6.28. The van der Waals surface area contributed by atoms with Gasteiger partial charge in [0.25, 0.3) is 5.91 Å². The second-order valence-electron chi connectivity index (χ2n) is 3.69. The van der Waals surface area contributed by atoms with Gasteiger partial charge in [0.2, 0.25) is 0 Å². The fourth-order valence-electron chi connectivity index (χ4n) is 1.46. The molecule has 1 heterocycles. The van der Waals surface area contributed by atoms with Crippen LogP contribution in [0.25, 0.3) is 0 Å². The molecule has 0 unspecified atom stereocenters. The normalized spacial score (nSPS) is 10.1. The van der Waals surface area contributed by atoms with Crippen LogP contribution in [0.4, 0.5) is 10.1 Å². The Morgan fingerprint density at radius 2 is 2.16 bits per heavy atom. The van der Waals surface area contributed by atoms with Gasteiger partial charge in [-0.15, -0.1) is 0 Å². The lowest BCUT2D eigenvalue weighted by atomic mass is 10.2. The number of carbonyl (C=O) groups excluding carboxylic acids is 1. The van der Waals surface area contributed by atoms with E-state index in [-0.39, 0.29) is 5.56 Å². The van der Waals surface area contributed by atoms with Crippen LogP contribution in [0, 0.1) is 5.82 Å². The van der Waals surface area contributed by atoms with E-state index < -0.39 is 11.7 Å². The molecule has 6 heteroatoms. The Hall–Kier alpha value is -1.95. The lowest BCUT2D eigenvalue weighted by molar-refractivity contribution is 0.102. The van der Waals surface area contributed by atoms with Crippen LogP contribution in [0.15, 0.2) is 41.1 Å². The van der Waals surface area contributed by atoms with Crippen LogP contribution in [-0.4, -0.2) is 18.0 Å². The summed E-state index contributed by atoms with van der Waals surface area (Å²) in [5.74, 6) is -0.394. The first-order valence-electron chi connectivity index (χ1n) is 5.35. The minimum atomic E-state index is -0.558. The van der Waals surface area contributed by atoms with Gasteiger partial charge < -0.3 is 10.1 Å². The fraction of sp³-hybridized carbons (Fsp3) is 0.0769. The quantitative estimate of drug-likeness (QED) is 0.942. The van der Waals surface area contributed by atoms with Crippen molar-refractivity contribution < 1.29 is 13.9 Å². The van der Waals surface area contributed by atoms with E-state index >= 15 is 0 Å². The summed E-state index contributed by atoms with van der Waals surface area (Å²) in [6.07, 6.45) is 2.34. The van der Waals surface area contributed by atoms with Gasteiger partial charge in [-0.2, -0.15) is 0 Å². The van der Waals surface area contributed by atoms with Crippen molar-refractivity contribution in [3.63, 3.8) is 0 Å². The van der Waals surface area contributed by atoms with Crippen LogP contribution in [-0.2, 0) is 0 Å². The SMILES string of the molecule is COc1ccc(Br)c(NC(=O)c2cncc(F)c2)c1. The van der Waals surface area contributed by atoms with Crippen LogP contribution in [0.3, 0.4) is 0 Å². The maximum atomic E-state index is 13.0. The Kier molecular flexibility index (Phi) is 4.11. The van der Waals surface area contributed by atoms with Crippen LogP contribution in [0.2, 0.25) is 0 Å². The number of halogens is 2. The molecule has 1 aromatic carbocycles. The van der Waals surface area contributed by atoms with E-state index in [9.17, 15) is 9.18 Å². The summed E-state index contributed by atoms with van der Waals surface area (Å²) in [4.78, 5) is 15.6. The molecule has 1 amide bonds. The van der Waals surface area contributed by atoms with Crippen molar-refractivity contribution in [2.24, 2.45) is 0 Å². The number of hydrogen-bond donors (Lipinski definition) is 1. The van der Waals surface area contributed by atoms with E-state index in [0.717, 1.165) is 12.3 Å². The molecule has 19 heavy (non-hydrogen) atoms. The first kappa shape index (κ1) is 13.5. The van der Waals surface area contributed by atoms with E-state index in [1.165, 1.54) is 13.3 Å². The number of hydrogen-bond acceptors (Lipinski definition) is 3. The minimum Gasteiger partial charge on any atom is -0.497 e. The predicted octanol–water partition coefficient (Wildman–Crippen LogP) is 3.24. The van der Waals surface area contributed by atoms with Crippen molar-refractivity contribution in [3.8, 4) is 5.75 Å². The molecule has 98 valence electrons. The molecule has 0 aliphatic heterocycles. The average Bonchev–Trinajstić information content (AvgIpc) is 2.41. The van der Waals surface area contributed by atoms with Crippen molar-refractivity contribution in [1.29, 1.82) is 0 Å². The summed E-state index contributed by atoms with van der Waals surface area (Å²) < 4.78 is 18.8. The molecule has 2 aromatic rings. The molecule has 0 bridgehead atoms. The third kappa shape index (κ3) is 3.29. The van der Waals surface area contributed by atoms with E-state index in [4.69, 9.17) is 4.74 Å². The first-order valence-corrected chi connectivity index (χ1v) is 6.15. The molecule has 1 N–H and O–H groups in total. The van der Waals surface area contributed by atoms with Crippen LogP contribution < -0.4 is 10.1 Å². The number of carbonyl (C=O) groups is 1. The highest BCUT2D eigenvalue weighted by Gasteiger charge is 2.10. The molecule has 4 nitrogen and oxygen atoms in total. The molecule has 0 fully saturated rings. The molecular weight excluding hydrogens is 315 g/mol. The zero-order valence-corrected chi connectivity index (χ0v) is 11.6. The lowest BCUT2D eigenvalue weighted by Crippen LogP contribution is -2.13. The van der Waals surface area contributed by atoms with Crippen LogP contribution in [0.1, 0.15) is 10.4 Å².